The maximum atomic E-state index is 5.87. The van der Waals surface area contributed by atoms with Crippen LogP contribution in [0.2, 0.25) is 0 Å². The van der Waals surface area contributed by atoms with Crippen molar-refractivity contribution in [2.45, 2.75) is 25.9 Å². The average Bonchev–Trinajstić information content (AvgIpc) is 2.24. The smallest absolute Gasteiger partial charge is 0.134 e. The Morgan fingerprint density at radius 3 is 3.00 bits per heavy atom. The molecule has 0 spiro atoms. The number of benzene rings is 1. The molecule has 82 valence electrons. The zero-order chi connectivity index (χ0) is 10.7. The van der Waals surface area contributed by atoms with Crippen LogP contribution < -0.4 is 4.74 Å². The predicted octanol–water partition coefficient (Wildman–Crippen LogP) is 3.32. The highest BCUT2D eigenvalue weighted by molar-refractivity contribution is 9.10. The first-order valence-electron chi connectivity index (χ1n) is 5.26. The highest BCUT2D eigenvalue weighted by atomic mass is 79.9. The molecule has 1 aromatic carbocycles. The van der Waals surface area contributed by atoms with Crippen molar-refractivity contribution in [3.05, 3.63) is 28.2 Å². The molecule has 1 atom stereocenters. The van der Waals surface area contributed by atoms with Crippen LogP contribution in [0.15, 0.2) is 22.7 Å². The van der Waals surface area contributed by atoms with Crippen molar-refractivity contribution in [1.82, 2.24) is 0 Å². The second kappa shape index (κ2) is 4.99. The minimum atomic E-state index is 0.206. The third kappa shape index (κ3) is 2.95. The molecule has 0 saturated carbocycles. The summed E-state index contributed by atoms with van der Waals surface area (Å²) in [6, 6.07) is 6.14. The quantitative estimate of drug-likeness (QED) is 0.821. The van der Waals surface area contributed by atoms with Crippen molar-refractivity contribution in [2.75, 3.05) is 13.2 Å². The van der Waals surface area contributed by atoms with E-state index in [1.165, 1.54) is 5.56 Å². The number of ether oxygens (including phenoxy) is 2. The van der Waals surface area contributed by atoms with Gasteiger partial charge in [-0.3, -0.25) is 0 Å². The lowest BCUT2D eigenvalue weighted by atomic mass is 10.2. The van der Waals surface area contributed by atoms with E-state index in [2.05, 4.69) is 35.0 Å². The normalized spacial score (nSPS) is 21.3. The van der Waals surface area contributed by atoms with E-state index in [0.29, 0.717) is 6.61 Å². The van der Waals surface area contributed by atoms with Crippen LogP contribution in [0.25, 0.3) is 0 Å². The summed E-state index contributed by atoms with van der Waals surface area (Å²) in [4.78, 5) is 0. The van der Waals surface area contributed by atoms with Gasteiger partial charge in [0.2, 0.25) is 0 Å². The topological polar surface area (TPSA) is 18.5 Å². The van der Waals surface area contributed by atoms with Crippen LogP contribution in [-0.2, 0) is 4.74 Å². The molecule has 0 amide bonds. The molecule has 1 saturated heterocycles. The van der Waals surface area contributed by atoms with E-state index in [1.54, 1.807) is 0 Å². The van der Waals surface area contributed by atoms with Gasteiger partial charge in [-0.25, -0.2) is 0 Å². The fraction of sp³-hybridized carbons (Fsp3) is 0.500. The van der Waals surface area contributed by atoms with Gasteiger partial charge in [0, 0.05) is 6.61 Å². The molecule has 0 aliphatic carbocycles. The van der Waals surface area contributed by atoms with Gasteiger partial charge in [-0.1, -0.05) is 6.07 Å². The molecular formula is C12H15BrO2. The standard InChI is InChI=1S/C12H15BrO2/c1-9-4-5-12(11(13)7-9)15-10-3-2-6-14-8-10/h4-5,7,10H,2-3,6,8H2,1H3. The van der Waals surface area contributed by atoms with Gasteiger partial charge >= 0.3 is 0 Å². The van der Waals surface area contributed by atoms with E-state index in [9.17, 15) is 0 Å². The maximum Gasteiger partial charge on any atom is 0.134 e. The highest BCUT2D eigenvalue weighted by Gasteiger charge is 2.16. The molecule has 2 nitrogen and oxygen atoms in total. The van der Waals surface area contributed by atoms with Gasteiger partial charge in [0.15, 0.2) is 0 Å². The third-order valence-corrected chi connectivity index (χ3v) is 3.12. The number of rotatable bonds is 2. The number of halogens is 1. The van der Waals surface area contributed by atoms with Crippen LogP contribution in [0.4, 0.5) is 0 Å². The molecule has 2 rings (SSSR count). The Bertz CT molecular complexity index is 332. The van der Waals surface area contributed by atoms with Crippen LogP contribution in [0.1, 0.15) is 18.4 Å². The van der Waals surface area contributed by atoms with Gasteiger partial charge in [-0.15, -0.1) is 0 Å². The summed E-state index contributed by atoms with van der Waals surface area (Å²) in [7, 11) is 0. The van der Waals surface area contributed by atoms with Crippen molar-refractivity contribution >= 4 is 15.9 Å². The Morgan fingerprint density at radius 2 is 2.33 bits per heavy atom. The molecule has 1 aliphatic heterocycles. The summed E-state index contributed by atoms with van der Waals surface area (Å²) in [6.45, 7) is 3.65. The zero-order valence-electron chi connectivity index (χ0n) is 8.83. The van der Waals surface area contributed by atoms with Crippen LogP contribution in [-0.4, -0.2) is 19.3 Å². The molecule has 1 aliphatic rings. The Balaban J connectivity index is 2.03. The second-order valence-electron chi connectivity index (χ2n) is 3.89. The minimum absolute atomic E-state index is 0.206. The van der Waals surface area contributed by atoms with Crippen LogP contribution in [0, 0.1) is 6.92 Å². The fourth-order valence-corrected chi connectivity index (χ4v) is 2.27. The van der Waals surface area contributed by atoms with Gasteiger partial charge in [-0.2, -0.15) is 0 Å². The van der Waals surface area contributed by atoms with E-state index in [0.717, 1.165) is 29.7 Å². The lowest BCUT2D eigenvalue weighted by Crippen LogP contribution is -2.28. The molecule has 1 unspecified atom stereocenters. The largest absolute Gasteiger partial charge is 0.487 e. The molecule has 0 bridgehead atoms. The van der Waals surface area contributed by atoms with Crippen LogP contribution in [0.5, 0.6) is 5.75 Å². The van der Waals surface area contributed by atoms with E-state index >= 15 is 0 Å². The third-order valence-electron chi connectivity index (χ3n) is 2.50. The summed E-state index contributed by atoms with van der Waals surface area (Å²) in [5.74, 6) is 0.913. The van der Waals surface area contributed by atoms with Crippen molar-refractivity contribution < 1.29 is 9.47 Å². The van der Waals surface area contributed by atoms with Crippen LogP contribution >= 0.6 is 15.9 Å². The lowest BCUT2D eigenvalue weighted by Gasteiger charge is -2.23. The van der Waals surface area contributed by atoms with Gasteiger partial charge in [0.25, 0.3) is 0 Å². The lowest BCUT2D eigenvalue weighted by molar-refractivity contribution is 0.00711. The Kier molecular flexibility index (Phi) is 3.65. The average molecular weight is 271 g/mol. The molecule has 0 aromatic heterocycles. The van der Waals surface area contributed by atoms with E-state index in [1.807, 2.05) is 6.07 Å². The molecule has 3 heteroatoms. The molecule has 0 N–H and O–H groups in total. The van der Waals surface area contributed by atoms with Gasteiger partial charge in [0.05, 0.1) is 11.1 Å². The maximum absolute atomic E-state index is 5.87. The van der Waals surface area contributed by atoms with E-state index in [4.69, 9.17) is 9.47 Å². The summed E-state index contributed by atoms with van der Waals surface area (Å²) in [6.07, 6.45) is 2.38. The minimum Gasteiger partial charge on any atom is -0.487 e. The second-order valence-corrected chi connectivity index (χ2v) is 4.75. The van der Waals surface area contributed by atoms with Crippen molar-refractivity contribution in [3.63, 3.8) is 0 Å². The summed E-state index contributed by atoms with van der Waals surface area (Å²) < 4.78 is 12.3. The number of hydrogen-bond acceptors (Lipinski definition) is 2. The Morgan fingerprint density at radius 1 is 1.47 bits per heavy atom. The SMILES string of the molecule is Cc1ccc(OC2CCCOC2)c(Br)c1. The highest BCUT2D eigenvalue weighted by Crippen LogP contribution is 2.27. The predicted molar refractivity (Wildman–Crippen MR) is 63.3 cm³/mol. The number of aryl methyl sites for hydroxylation is 1. The zero-order valence-corrected chi connectivity index (χ0v) is 10.4. The first-order valence-corrected chi connectivity index (χ1v) is 6.05. The number of hydrogen-bond donors (Lipinski definition) is 0. The van der Waals surface area contributed by atoms with Crippen LogP contribution in [0.3, 0.4) is 0 Å². The Labute approximate surface area is 98.7 Å². The van der Waals surface area contributed by atoms with Crippen molar-refractivity contribution in [3.8, 4) is 5.75 Å². The van der Waals surface area contributed by atoms with Gasteiger partial charge < -0.3 is 9.47 Å². The Hall–Kier alpha value is -0.540. The first-order chi connectivity index (χ1) is 7.25. The fourth-order valence-electron chi connectivity index (χ4n) is 1.69. The van der Waals surface area contributed by atoms with E-state index in [-0.39, 0.29) is 6.10 Å². The van der Waals surface area contributed by atoms with Crippen molar-refractivity contribution in [1.29, 1.82) is 0 Å². The molecule has 15 heavy (non-hydrogen) atoms. The molecular weight excluding hydrogens is 256 g/mol. The summed E-state index contributed by atoms with van der Waals surface area (Å²) >= 11 is 3.51. The first kappa shape index (κ1) is 11.0. The molecule has 1 heterocycles. The summed E-state index contributed by atoms with van der Waals surface area (Å²) in [5, 5.41) is 0. The summed E-state index contributed by atoms with van der Waals surface area (Å²) in [5.41, 5.74) is 1.23. The molecule has 1 aromatic rings. The molecule has 0 radical (unpaired) electrons. The van der Waals surface area contributed by atoms with Gasteiger partial charge in [0.1, 0.15) is 11.9 Å². The van der Waals surface area contributed by atoms with Crippen molar-refractivity contribution in [2.24, 2.45) is 0 Å². The van der Waals surface area contributed by atoms with Gasteiger partial charge in [-0.05, 0) is 53.4 Å². The van der Waals surface area contributed by atoms with E-state index < -0.39 is 0 Å². The monoisotopic (exact) mass is 270 g/mol. The molecule has 1 fully saturated rings.